The van der Waals surface area contributed by atoms with Crippen LogP contribution in [0.15, 0.2) is 65.3 Å². The van der Waals surface area contributed by atoms with Crippen LogP contribution in [0.1, 0.15) is 35.2 Å². The largest absolute Gasteiger partial charge is 0.458 e. The molecule has 0 unspecified atom stereocenters. The maximum atomic E-state index is 13.2. The zero-order valence-corrected chi connectivity index (χ0v) is 16.5. The number of rotatable bonds is 4. The monoisotopic (exact) mass is 405 g/mol. The van der Waals surface area contributed by atoms with Gasteiger partial charge < -0.3 is 14.3 Å². The maximum absolute atomic E-state index is 13.2. The molecule has 5 rings (SSSR count). The number of benzene rings is 2. The van der Waals surface area contributed by atoms with Crippen molar-refractivity contribution in [2.45, 2.75) is 25.3 Å². The molecule has 1 amide bonds. The predicted molar refractivity (Wildman–Crippen MR) is 112 cm³/mol. The van der Waals surface area contributed by atoms with Gasteiger partial charge in [-0.2, -0.15) is 0 Å². The number of amides is 1. The second kappa shape index (κ2) is 7.41. The minimum atomic E-state index is -0.315. The van der Waals surface area contributed by atoms with E-state index < -0.39 is 0 Å². The number of carbonyl (C=O) groups is 1. The summed E-state index contributed by atoms with van der Waals surface area (Å²) in [6.45, 7) is 0.630. The Morgan fingerprint density at radius 3 is 2.97 bits per heavy atom. The van der Waals surface area contributed by atoms with Crippen LogP contribution in [0.5, 0.6) is 0 Å². The standard InChI is InChI=1S/C23H20ClN3O2/c24-17-6-3-4-15(12-17)8-9-21(28)27-11-10-18-22(26-14-25-18)23(27)20-13-16-5-1-2-7-19(16)29-20/h1-7,12-14,23H,8-11H2,(H,25,26)/t23-/m1/s1. The first kappa shape index (κ1) is 18.0. The molecule has 0 spiro atoms. The Morgan fingerprint density at radius 1 is 1.21 bits per heavy atom. The number of hydrogen-bond donors (Lipinski definition) is 1. The topological polar surface area (TPSA) is 62.1 Å². The summed E-state index contributed by atoms with van der Waals surface area (Å²) in [5.74, 6) is 0.833. The minimum Gasteiger partial charge on any atom is -0.458 e. The van der Waals surface area contributed by atoms with Crippen molar-refractivity contribution >= 4 is 28.5 Å². The molecule has 4 aromatic rings. The number of aromatic amines is 1. The third-order valence-electron chi connectivity index (χ3n) is 5.48. The molecular weight excluding hydrogens is 386 g/mol. The number of halogens is 1. The predicted octanol–water partition coefficient (Wildman–Crippen LogP) is 4.92. The number of furan rings is 1. The molecular formula is C23H20ClN3O2. The first-order valence-corrected chi connectivity index (χ1v) is 10.1. The van der Waals surface area contributed by atoms with Crippen molar-refractivity contribution in [3.05, 3.63) is 88.7 Å². The van der Waals surface area contributed by atoms with E-state index in [-0.39, 0.29) is 11.9 Å². The number of fused-ring (bicyclic) bond motifs is 2. The Labute approximate surface area is 173 Å². The molecule has 146 valence electrons. The van der Waals surface area contributed by atoms with Gasteiger partial charge in [-0.1, -0.05) is 41.9 Å². The summed E-state index contributed by atoms with van der Waals surface area (Å²) in [5.41, 5.74) is 3.81. The first-order valence-electron chi connectivity index (χ1n) is 9.73. The van der Waals surface area contributed by atoms with Gasteiger partial charge in [0.15, 0.2) is 0 Å². The van der Waals surface area contributed by atoms with Gasteiger partial charge in [-0.3, -0.25) is 4.79 Å². The van der Waals surface area contributed by atoms with Crippen molar-refractivity contribution in [2.24, 2.45) is 0 Å². The molecule has 0 saturated carbocycles. The number of aryl methyl sites for hydroxylation is 1. The Balaban J connectivity index is 1.45. The molecule has 2 aromatic carbocycles. The van der Waals surface area contributed by atoms with Gasteiger partial charge in [-0.05, 0) is 36.2 Å². The van der Waals surface area contributed by atoms with Gasteiger partial charge in [0.05, 0.1) is 12.0 Å². The number of para-hydroxylation sites is 1. The number of H-pyrrole nitrogens is 1. The normalized spacial score (nSPS) is 16.2. The minimum absolute atomic E-state index is 0.0871. The van der Waals surface area contributed by atoms with Crippen molar-refractivity contribution in [1.82, 2.24) is 14.9 Å². The second-order valence-corrected chi connectivity index (χ2v) is 7.76. The van der Waals surface area contributed by atoms with Crippen LogP contribution in [-0.4, -0.2) is 27.3 Å². The summed E-state index contributed by atoms with van der Waals surface area (Å²) >= 11 is 6.07. The second-order valence-electron chi connectivity index (χ2n) is 7.32. The van der Waals surface area contributed by atoms with E-state index in [0.29, 0.717) is 24.4 Å². The third kappa shape index (κ3) is 3.42. The fourth-order valence-electron chi connectivity index (χ4n) is 4.06. The highest BCUT2D eigenvalue weighted by Crippen LogP contribution is 2.36. The van der Waals surface area contributed by atoms with Crippen LogP contribution in [0.2, 0.25) is 5.02 Å². The van der Waals surface area contributed by atoms with Crippen LogP contribution in [0.3, 0.4) is 0 Å². The zero-order chi connectivity index (χ0) is 19.8. The van der Waals surface area contributed by atoms with E-state index in [9.17, 15) is 4.79 Å². The summed E-state index contributed by atoms with van der Waals surface area (Å²) in [7, 11) is 0. The van der Waals surface area contributed by atoms with Gasteiger partial charge in [0.25, 0.3) is 0 Å². The quantitative estimate of drug-likeness (QED) is 0.524. The highest BCUT2D eigenvalue weighted by molar-refractivity contribution is 6.30. The number of nitrogens with one attached hydrogen (secondary N) is 1. The van der Waals surface area contributed by atoms with Crippen LogP contribution in [0, 0.1) is 0 Å². The molecule has 1 aliphatic heterocycles. The van der Waals surface area contributed by atoms with Gasteiger partial charge in [0.1, 0.15) is 17.4 Å². The Hall–Kier alpha value is -3.05. The lowest BCUT2D eigenvalue weighted by Gasteiger charge is -2.33. The van der Waals surface area contributed by atoms with Gasteiger partial charge in [-0.15, -0.1) is 0 Å². The maximum Gasteiger partial charge on any atom is 0.223 e. The van der Waals surface area contributed by atoms with E-state index >= 15 is 0 Å². The van der Waals surface area contributed by atoms with E-state index in [2.05, 4.69) is 9.97 Å². The van der Waals surface area contributed by atoms with Crippen molar-refractivity contribution in [3.63, 3.8) is 0 Å². The zero-order valence-electron chi connectivity index (χ0n) is 15.8. The van der Waals surface area contributed by atoms with Crippen molar-refractivity contribution in [2.75, 3.05) is 6.54 Å². The van der Waals surface area contributed by atoms with E-state index in [4.69, 9.17) is 16.0 Å². The number of imidazole rings is 1. The molecule has 0 fully saturated rings. The lowest BCUT2D eigenvalue weighted by Crippen LogP contribution is -2.40. The van der Waals surface area contributed by atoms with E-state index in [1.165, 1.54) is 0 Å². The molecule has 1 aliphatic rings. The van der Waals surface area contributed by atoms with E-state index in [1.54, 1.807) is 6.33 Å². The smallest absolute Gasteiger partial charge is 0.223 e. The number of aromatic nitrogens is 2. The van der Waals surface area contributed by atoms with Crippen molar-refractivity contribution < 1.29 is 9.21 Å². The number of carbonyl (C=O) groups excluding carboxylic acids is 1. The molecule has 3 heterocycles. The molecule has 0 saturated heterocycles. The fraction of sp³-hybridized carbons (Fsp3) is 0.217. The van der Waals surface area contributed by atoms with Gasteiger partial charge in [-0.25, -0.2) is 4.98 Å². The van der Waals surface area contributed by atoms with Gasteiger partial charge in [0, 0.05) is 35.5 Å². The molecule has 0 radical (unpaired) electrons. The Morgan fingerprint density at radius 2 is 2.10 bits per heavy atom. The molecule has 1 N–H and O–H groups in total. The van der Waals surface area contributed by atoms with Crippen LogP contribution >= 0.6 is 11.6 Å². The SMILES string of the molecule is O=C(CCc1cccc(Cl)c1)N1CCc2[nH]cnc2[C@H]1c1cc2ccccc2o1. The fourth-order valence-corrected chi connectivity index (χ4v) is 4.27. The van der Waals surface area contributed by atoms with E-state index in [0.717, 1.165) is 40.1 Å². The highest BCUT2D eigenvalue weighted by atomic mass is 35.5. The average Bonchev–Trinajstić information content (AvgIpc) is 3.37. The number of hydrogen-bond acceptors (Lipinski definition) is 3. The molecule has 0 bridgehead atoms. The van der Waals surface area contributed by atoms with Crippen LogP contribution in [-0.2, 0) is 17.6 Å². The summed E-state index contributed by atoms with van der Waals surface area (Å²) < 4.78 is 6.13. The first-order chi connectivity index (χ1) is 14.2. The molecule has 2 aromatic heterocycles. The summed E-state index contributed by atoms with van der Waals surface area (Å²) in [6.07, 6.45) is 3.52. The van der Waals surface area contributed by atoms with Gasteiger partial charge in [0.2, 0.25) is 5.91 Å². The molecule has 0 aliphatic carbocycles. The summed E-state index contributed by atoms with van der Waals surface area (Å²) in [5, 5.41) is 1.71. The summed E-state index contributed by atoms with van der Waals surface area (Å²) in [4.78, 5) is 22.8. The van der Waals surface area contributed by atoms with Crippen LogP contribution in [0.4, 0.5) is 0 Å². The molecule has 6 heteroatoms. The van der Waals surface area contributed by atoms with Crippen LogP contribution < -0.4 is 0 Å². The van der Waals surface area contributed by atoms with E-state index in [1.807, 2.05) is 59.5 Å². The van der Waals surface area contributed by atoms with Gasteiger partial charge >= 0.3 is 0 Å². The molecule has 1 atom stereocenters. The molecule has 29 heavy (non-hydrogen) atoms. The number of nitrogens with zero attached hydrogens (tertiary/aromatic N) is 2. The third-order valence-corrected chi connectivity index (χ3v) is 5.71. The molecule has 5 nitrogen and oxygen atoms in total. The Bertz CT molecular complexity index is 1150. The van der Waals surface area contributed by atoms with Crippen molar-refractivity contribution in [3.8, 4) is 0 Å². The lowest BCUT2D eigenvalue weighted by atomic mass is 9.99. The van der Waals surface area contributed by atoms with Crippen molar-refractivity contribution in [1.29, 1.82) is 0 Å². The highest BCUT2D eigenvalue weighted by Gasteiger charge is 2.36. The lowest BCUT2D eigenvalue weighted by molar-refractivity contribution is -0.133. The van der Waals surface area contributed by atoms with Crippen LogP contribution in [0.25, 0.3) is 11.0 Å². The summed E-state index contributed by atoms with van der Waals surface area (Å²) in [6, 6.07) is 17.3. The average molecular weight is 406 g/mol. The Kier molecular flexibility index (Phi) is 4.60.